The second-order valence-electron chi connectivity index (χ2n) is 2.74. The standard InChI is InChI=1S/C6H12S2.2HO3P/c1-5-3-6(7-2)4-8-5;2*1-4(2)3/h5-6H,3-4H2,1-2H3;2*(H-,1,2,3)/p+2. The minimum Gasteiger partial charge on any atom is -0.161 e. The van der Waals surface area contributed by atoms with E-state index >= 15 is 0 Å². The minimum absolute atomic E-state index is 0.924. The van der Waals surface area contributed by atoms with Gasteiger partial charge in [0.25, 0.3) is 0 Å². The molecule has 10 heteroatoms. The van der Waals surface area contributed by atoms with Gasteiger partial charge in [-0.3, -0.25) is 0 Å². The van der Waals surface area contributed by atoms with Crippen LogP contribution in [0.3, 0.4) is 0 Å². The molecule has 1 rings (SSSR count). The van der Waals surface area contributed by atoms with Gasteiger partial charge in [0, 0.05) is 25.4 Å². The Morgan fingerprint density at radius 3 is 1.69 bits per heavy atom. The van der Waals surface area contributed by atoms with Crippen molar-refractivity contribution < 1.29 is 28.7 Å². The van der Waals surface area contributed by atoms with Crippen LogP contribution in [0.4, 0.5) is 0 Å². The molecule has 1 fully saturated rings. The van der Waals surface area contributed by atoms with Crippen LogP contribution in [-0.4, -0.2) is 42.1 Å². The molecule has 1 heterocycles. The first-order valence-corrected chi connectivity index (χ1v) is 8.80. The molecule has 0 radical (unpaired) electrons. The molecule has 1 saturated heterocycles. The van der Waals surface area contributed by atoms with Crippen LogP contribution in [0.2, 0.25) is 0 Å². The summed E-state index contributed by atoms with van der Waals surface area (Å²) in [5.74, 6) is 1.38. The maximum Gasteiger partial charge on any atom is 0.692 e. The molecule has 4 N–H and O–H groups in total. The molecular formula is C6H16O6P2S2+2. The Kier molecular flexibility index (Phi) is 14.6. The van der Waals surface area contributed by atoms with Crippen LogP contribution in [0.15, 0.2) is 0 Å². The molecule has 96 valence electrons. The highest BCUT2D eigenvalue weighted by Gasteiger charge is 2.19. The van der Waals surface area contributed by atoms with Crippen LogP contribution < -0.4 is 0 Å². The van der Waals surface area contributed by atoms with E-state index in [0.717, 1.165) is 10.5 Å². The van der Waals surface area contributed by atoms with E-state index in [1.165, 1.54) is 12.2 Å². The monoisotopic (exact) mass is 310 g/mol. The van der Waals surface area contributed by atoms with Gasteiger partial charge in [-0.15, -0.1) is 19.6 Å². The predicted molar refractivity (Wildman–Crippen MR) is 67.9 cm³/mol. The Bertz CT molecular complexity index is 197. The summed E-state index contributed by atoms with van der Waals surface area (Å²) in [7, 11) is -5.74. The number of hydrogen-bond acceptors (Lipinski definition) is 4. The van der Waals surface area contributed by atoms with E-state index in [-0.39, 0.29) is 0 Å². The topological polar surface area (TPSA) is 115 Å². The van der Waals surface area contributed by atoms with Gasteiger partial charge in [-0.05, 0) is 12.7 Å². The Hall–Kier alpha value is 0.740. The summed E-state index contributed by atoms with van der Waals surface area (Å²) in [6, 6.07) is 0. The minimum atomic E-state index is -2.87. The van der Waals surface area contributed by atoms with E-state index in [9.17, 15) is 0 Å². The van der Waals surface area contributed by atoms with Crippen molar-refractivity contribution in [3.05, 3.63) is 0 Å². The van der Waals surface area contributed by atoms with Crippen LogP contribution >= 0.6 is 40.0 Å². The van der Waals surface area contributed by atoms with Gasteiger partial charge in [-0.2, -0.15) is 23.5 Å². The normalized spacial score (nSPS) is 22.4. The quantitative estimate of drug-likeness (QED) is 0.539. The van der Waals surface area contributed by atoms with Crippen LogP contribution in [0.1, 0.15) is 13.3 Å². The van der Waals surface area contributed by atoms with E-state index in [1.807, 2.05) is 11.8 Å². The van der Waals surface area contributed by atoms with E-state index in [1.54, 1.807) is 0 Å². The summed E-state index contributed by atoms with van der Waals surface area (Å²) >= 11 is 4.12. The smallest absolute Gasteiger partial charge is 0.161 e. The summed E-state index contributed by atoms with van der Waals surface area (Å²) in [5.41, 5.74) is 0. The van der Waals surface area contributed by atoms with E-state index in [4.69, 9.17) is 28.7 Å². The second-order valence-corrected chi connectivity index (χ2v) is 6.36. The molecule has 2 unspecified atom stereocenters. The molecule has 0 saturated carbocycles. The third kappa shape index (κ3) is 20.2. The third-order valence-corrected chi connectivity index (χ3v) is 4.09. The van der Waals surface area contributed by atoms with E-state index in [2.05, 4.69) is 24.9 Å². The molecular weight excluding hydrogens is 294 g/mol. The van der Waals surface area contributed by atoms with Crippen molar-refractivity contribution in [3.63, 3.8) is 0 Å². The highest BCUT2D eigenvalue weighted by atomic mass is 32.2. The lowest BCUT2D eigenvalue weighted by Gasteiger charge is -2.00. The van der Waals surface area contributed by atoms with Gasteiger partial charge in [-0.1, -0.05) is 6.92 Å². The fourth-order valence-electron chi connectivity index (χ4n) is 0.942. The maximum atomic E-state index is 8.70. The molecule has 0 amide bonds. The number of rotatable bonds is 1. The van der Waals surface area contributed by atoms with E-state index in [0.29, 0.717) is 0 Å². The highest BCUT2D eigenvalue weighted by molar-refractivity contribution is 8.04. The molecule has 6 nitrogen and oxygen atoms in total. The first kappa shape index (κ1) is 19.1. The maximum absolute atomic E-state index is 8.70. The molecule has 0 spiro atoms. The van der Waals surface area contributed by atoms with Crippen LogP contribution in [0.25, 0.3) is 0 Å². The highest BCUT2D eigenvalue weighted by Crippen LogP contribution is 2.32. The van der Waals surface area contributed by atoms with Crippen molar-refractivity contribution in [3.8, 4) is 0 Å². The lowest BCUT2D eigenvalue weighted by molar-refractivity contribution is 0.403. The molecule has 16 heavy (non-hydrogen) atoms. The van der Waals surface area contributed by atoms with Crippen molar-refractivity contribution >= 4 is 40.0 Å². The summed E-state index contributed by atoms with van der Waals surface area (Å²) in [5, 5.41) is 1.88. The van der Waals surface area contributed by atoms with Gasteiger partial charge in [0.2, 0.25) is 0 Å². The van der Waals surface area contributed by atoms with Crippen LogP contribution in [0.5, 0.6) is 0 Å². The van der Waals surface area contributed by atoms with Gasteiger partial charge in [-0.25, -0.2) is 0 Å². The predicted octanol–water partition coefficient (Wildman–Crippen LogP) is 1.50. The molecule has 0 aromatic carbocycles. The van der Waals surface area contributed by atoms with Crippen molar-refractivity contribution in [2.45, 2.75) is 23.8 Å². The largest absolute Gasteiger partial charge is 0.692 e. The molecule has 0 aliphatic carbocycles. The lowest BCUT2D eigenvalue weighted by atomic mass is 10.3. The van der Waals surface area contributed by atoms with Gasteiger partial charge < -0.3 is 0 Å². The first-order chi connectivity index (χ1) is 7.29. The second kappa shape index (κ2) is 12.2. The van der Waals surface area contributed by atoms with Gasteiger partial charge in [0.05, 0.1) is 0 Å². The molecule has 1 aliphatic heterocycles. The summed E-state index contributed by atoms with van der Waals surface area (Å²) in [6.45, 7) is 2.32. The zero-order chi connectivity index (χ0) is 13.1. The molecule has 0 aromatic rings. The first-order valence-electron chi connectivity index (χ1n) is 4.14. The van der Waals surface area contributed by atoms with Crippen molar-refractivity contribution in [1.82, 2.24) is 0 Å². The molecule has 0 bridgehead atoms. The number of hydrogen-bond donors (Lipinski definition) is 4. The fourth-order valence-corrected chi connectivity index (χ4v) is 3.37. The fraction of sp³-hybridized carbons (Fsp3) is 1.00. The SMILES string of the molecule is CSC1CSC(C)C1.O=[P+](O)O.O=[P+](O)O. The third-order valence-electron chi connectivity index (χ3n) is 1.49. The van der Waals surface area contributed by atoms with Gasteiger partial charge in [0.1, 0.15) is 0 Å². The van der Waals surface area contributed by atoms with Crippen molar-refractivity contribution in [2.24, 2.45) is 0 Å². The molecule has 0 aromatic heterocycles. The van der Waals surface area contributed by atoms with Crippen molar-refractivity contribution in [1.29, 1.82) is 0 Å². The molecule has 2 atom stereocenters. The lowest BCUT2D eigenvalue weighted by Crippen LogP contribution is -1.98. The van der Waals surface area contributed by atoms with E-state index < -0.39 is 16.5 Å². The Balaban J connectivity index is 0. The van der Waals surface area contributed by atoms with Crippen molar-refractivity contribution in [2.75, 3.05) is 12.0 Å². The summed E-state index contributed by atoms with van der Waals surface area (Å²) in [6.07, 6.45) is 3.63. The zero-order valence-electron chi connectivity index (χ0n) is 8.89. The zero-order valence-corrected chi connectivity index (χ0v) is 12.3. The number of thioether (sulfide) groups is 2. The Labute approximate surface area is 105 Å². The van der Waals surface area contributed by atoms with Crippen LogP contribution in [0, 0.1) is 0 Å². The summed E-state index contributed by atoms with van der Waals surface area (Å²) < 4.78 is 17.4. The Morgan fingerprint density at radius 1 is 1.19 bits per heavy atom. The average Bonchev–Trinajstić information content (AvgIpc) is 2.49. The molecule has 1 aliphatic rings. The van der Waals surface area contributed by atoms with Crippen LogP contribution in [-0.2, 0) is 9.13 Å². The summed E-state index contributed by atoms with van der Waals surface area (Å²) in [4.78, 5) is 28.5. The Morgan fingerprint density at radius 2 is 1.56 bits per heavy atom. The van der Waals surface area contributed by atoms with Gasteiger partial charge in [0.15, 0.2) is 0 Å². The van der Waals surface area contributed by atoms with Gasteiger partial charge >= 0.3 is 16.5 Å². The average molecular weight is 310 g/mol.